The van der Waals surface area contributed by atoms with Crippen molar-refractivity contribution in [1.82, 2.24) is 24.5 Å². The number of anilines is 2. The van der Waals surface area contributed by atoms with Crippen molar-refractivity contribution in [3.63, 3.8) is 0 Å². The van der Waals surface area contributed by atoms with Crippen molar-refractivity contribution in [1.29, 1.82) is 0 Å². The first-order valence-electron chi connectivity index (χ1n) is 10.4. The summed E-state index contributed by atoms with van der Waals surface area (Å²) >= 11 is 0. The Bertz CT molecular complexity index is 1170. The molecule has 0 bridgehead atoms. The van der Waals surface area contributed by atoms with Gasteiger partial charge in [-0.1, -0.05) is 0 Å². The molecule has 1 aliphatic heterocycles. The molecule has 3 aromatic rings. The summed E-state index contributed by atoms with van der Waals surface area (Å²) in [5, 5.41) is 11.5. The third-order valence-corrected chi connectivity index (χ3v) is 5.66. The number of benzene rings is 1. The van der Waals surface area contributed by atoms with E-state index in [2.05, 4.69) is 15.5 Å². The average molecular weight is 446 g/mol. The molecule has 32 heavy (non-hydrogen) atoms. The molecule has 0 atom stereocenters. The van der Waals surface area contributed by atoms with Crippen LogP contribution in [0.1, 0.15) is 50.1 Å². The number of aromatic nitrogens is 4. The average Bonchev–Trinajstić information content (AvgIpc) is 3.32. The fourth-order valence-corrected chi connectivity index (χ4v) is 4.05. The summed E-state index contributed by atoms with van der Waals surface area (Å²) in [5.41, 5.74) is 1.84. The molecule has 3 heterocycles. The largest absolute Gasteiger partial charge is 0.338 e. The Labute approximate surface area is 183 Å². The summed E-state index contributed by atoms with van der Waals surface area (Å²) in [5.74, 6) is -0.376. The van der Waals surface area contributed by atoms with Crippen molar-refractivity contribution in [3.05, 3.63) is 47.2 Å². The van der Waals surface area contributed by atoms with E-state index in [0.29, 0.717) is 30.9 Å². The van der Waals surface area contributed by atoms with E-state index < -0.39 is 12.2 Å². The number of halogens is 3. The standard InChI is InChI=1S/C22H25F3N6O/c1-12(2)31-20-5-6-30(13(3)32)11-17(20)22(28-31)27-19-8-16(21(24)25)15(7-18(19)23)14-9-26-29(4)10-14/h7-10,12,21H,5-6,11H2,1-4H3,(H,27,28). The quantitative estimate of drug-likeness (QED) is 0.623. The second-order valence-corrected chi connectivity index (χ2v) is 8.25. The molecular formula is C22H25F3N6O. The van der Waals surface area contributed by atoms with Crippen molar-refractivity contribution in [3.8, 4) is 11.1 Å². The topological polar surface area (TPSA) is 68.0 Å². The molecule has 0 saturated heterocycles. The third kappa shape index (κ3) is 3.96. The summed E-state index contributed by atoms with van der Waals surface area (Å²) in [6, 6.07) is 2.26. The fourth-order valence-electron chi connectivity index (χ4n) is 4.05. The Morgan fingerprint density at radius 1 is 1.25 bits per heavy atom. The van der Waals surface area contributed by atoms with Gasteiger partial charge in [-0.2, -0.15) is 10.2 Å². The maximum Gasteiger partial charge on any atom is 0.264 e. The molecule has 0 spiro atoms. The van der Waals surface area contributed by atoms with E-state index >= 15 is 4.39 Å². The van der Waals surface area contributed by atoms with E-state index in [4.69, 9.17) is 0 Å². The molecule has 10 heteroatoms. The van der Waals surface area contributed by atoms with Gasteiger partial charge in [0.15, 0.2) is 5.82 Å². The van der Waals surface area contributed by atoms with Crippen molar-refractivity contribution >= 4 is 17.4 Å². The number of carbonyl (C=O) groups excluding carboxylic acids is 1. The molecule has 1 aromatic carbocycles. The minimum Gasteiger partial charge on any atom is -0.338 e. The van der Waals surface area contributed by atoms with Crippen LogP contribution in [0.4, 0.5) is 24.7 Å². The smallest absolute Gasteiger partial charge is 0.264 e. The highest BCUT2D eigenvalue weighted by atomic mass is 19.3. The molecule has 0 fully saturated rings. The summed E-state index contributed by atoms with van der Waals surface area (Å²) in [7, 11) is 1.66. The predicted octanol–water partition coefficient (Wildman–Crippen LogP) is 4.59. The van der Waals surface area contributed by atoms with E-state index in [1.54, 1.807) is 18.1 Å². The Morgan fingerprint density at radius 2 is 2.00 bits per heavy atom. The Hall–Kier alpha value is -3.30. The number of hydrogen-bond donors (Lipinski definition) is 1. The van der Waals surface area contributed by atoms with Gasteiger partial charge in [0.2, 0.25) is 5.91 Å². The van der Waals surface area contributed by atoms with E-state index in [-0.39, 0.29) is 28.8 Å². The van der Waals surface area contributed by atoms with Gasteiger partial charge in [0.1, 0.15) is 5.82 Å². The first kappa shape index (κ1) is 21.9. The Kier molecular flexibility index (Phi) is 5.70. The molecule has 4 rings (SSSR count). The van der Waals surface area contributed by atoms with Crippen molar-refractivity contribution in [2.45, 2.75) is 46.2 Å². The molecular weight excluding hydrogens is 421 g/mol. The van der Waals surface area contributed by atoms with E-state index in [9.17, 15) is 13.6 Å². The second kappa shape index (κ2) is 8.33. The molecule has 170 valence electrons. The van der Waals surface area contributed by atoms with Crippen molar-refractivity contribution in [2.24, 2.45) is 7.05 Å². The molecule has 0 saturated carbocycles. The SMILES string of the molecule is CC(=O)N1CCc2c(c(Nc3cc(C(F)F)c(-c4cnn(C)c4)cc3F)nn2C(C)C)C1. The first-order valence-corrected chi connectivity index (χ1v) is 10.4. The summed E-state index contributed by atoms with van der Waals surface area (Å²) in [6.45, 7) is 6.36. The Balaban J connectivity index is 1.76. The minimum atomic E-state index is -2.80. The zero-order valence-corrected chi connectivity index (χ0v) is 18.4. The number of carbonyl (C=O) groups is 1. The zero-order chi connectivity index (χ0) is 23.2. The van der Waals surface area contributed by atoms with Gasteiger partial charge in [0.25, 0.3) is 6.43 Å². The molecule has 7 nitrogen and oxygen atoms in total. The predicted molar refractivity (Wildman–Crippen MR) is 114 cm³/mol. The lowest BCUT2D eigenvalue weighted by molar-refractivity contribution is -0.129. The number of nitrogens with one attached hydrogen (secondary N) is 1. The molecule has 0 radical (unpaired) electrons. The number of alkyl halides is 2. The molecule has 2 aromatic heterocycles. The summed E-state index contributed by atoms with van der Waals surface area (Å²) < 4.78 is 46.1. The van der Waals surface area contributed by atoms with Gasteiger partial charge in [0, 0.05) is 61.6 Å². The molecule has 1 amide bonds. The number of nitrogens with zero attached hydrogens (tertiary/aromatic N) is 5. The van der Waals surface area contributed by atoms with Crippen molar-refractivity contribution < 1.29 is 18.0 Å². The van der Waals surface area contributed by atoms with Crippen molar-refractivity contribution in [2.75, 3.05) is 11.9 Å². The third-order valence-electron chi connectivity index (χ3n) is 5.66. The molecule has 0 aliphatic carbocycles. The van der Waals surface area contributed by atoms with Crippen LogP contribution in [-0.4, -0.2) is 36.9 Å². The lowest BCUT2D eigenvalue weighted by Gasteiger charge is -2.27. The highest BCUT2D eigenvalue weighted by Gasteiger charge is 2.28. The van der Waals surface area contributed by atoms with E-state index in [0.717, 1.165) is 23.4 Å². The normalized spacial score (nSPS) is 13.7. The van der Waals surface area contributed by atoms with E-state index in [1.807, 2.05) is 18.5 Å². The van der Waals surface area contributed by atoms with Crippen LogP contribution in [-0.2, 0) is 24.8 Å². The number of hydrogen-bond acceptors (Lipinski definition) is 4. The number of aryl methyl sites for hydroxylation is 1. The van der Waals surface area contributed by atoms with Gasteiger partial charge < -0.3 is 10.2 Å². The first-order chi connectivity index (χ1) is 15.2. The highest BCUT2D eigenvalue weighted by molar-refractivity contribution is 5.75. The van der Waals surface area contributed by atoms with Crippen LogP contribution in [0.25, 0.3) is 11.1 Å². The molecule has 1 N–H and O–H groups in total. The van der Waals surface area contributed by atoms with Gasteiger partial charge in [-0.05, 0) is 31.5 Å². The van der Waals surface area contributed by atoms with Crippen LogP contribution >= 0.6 is 0 Å². The van der Waals surface area contributed by atoms with Gasteiger partial charge in [-0.25, -0.2) is 13.2 Å². The molecule has 1 aliphatic rings. The maximum atomic E-state index is 15.0. The van der Waals surface area contributed by atoms with Crippen LogP contribution < -0.4 is 5.32 Å². The number of fused-ring (bicyclic) bond motifs is 1. The Morgan fingerprint density at radius 3 is 2.59 bits per heavy atom. The van der Waals surface area contributed by atoms with Crippen LogP contribution in [0.2, 0.25) is 0 Å². The van der Waals surface area contributed by atoms with Crippen LogP contribution in [0.5, 0.6) is 0 Å². The zero-order valence-electron chi connectivity index (χ0n) is 18.4. The number of rotatable bonds is 5. The van der Waals surface area contributed by atoms with Gasteiger partial charge >= 0.3 is 0 Å². The lowest BCUT2D eigenvalue weighted by atomic mass is 10.0. The van der Waals surface area contributed by atoms with Crippen LogP contribution in [0, 0.1) is 5.82 Å². The number of amides is 1. The molecule has 0 unspecified atom stereocenters. The van der Waals surface area contributed by atoms with Crippen LogP contribution in [0.3, 0.4) is 0 Å². The van der Waals surface area contributed by atoms with Crippen LogP contribution in [0.15, 0.2) is 24.5 Å². The lowest BCUT2D eigenvalue weighted by Crippen LogP contribution is -2.34. The highest BCUT2D eigenvalue weighted by Crippen LogP contribution is 2.37. The summed E-state index contributed by atoms with van der Waals surface area (Å²) in [6.07, 6.45) is 0.795. The fraction of sp³-hybridized carbons (Fsp3) is 0.409. The maximum absolute atomic E-state index is 15.0. The van der Waals surface area contributed by atoms with Gasteiger partial charge in [0.05, 0.1) is 18.4 Å². The van der Waals surface area contributed by atoms with Gasteiger partial charge in [-0.15, -0.1) is 0 Å². The minimum absolute atomic E-state index is 0.0533. The monoisotopic (exact) mass is 446 g/mol. The van der Waals surface area contributed by atoms with E-state index in [1.165, 1.54) is 17.8 Å². The van der Waals surface area contributed by atoms with Gasteiger partial charge in [-0.3, -0.25) is 14.2 Å². The summed E-state index contributed by atoms with van der Waals surface area (Å²) in [4.78, 5) is 13.6. The second-order valence-electron chi connectivity index (χ2n) is 8.25.